The molecule has 3 aliphatic rings. The van der Waals surface area contributed by atoms with E-state index in [-0.39, 0.29) is 5.54 Å². The van der Waals surface area contributed by atoms with Gasteiger partial charge in [0.05, 0.1) is 11.2 Å². The number of hydrogen-bond acceptors (Lipinski definition) is 3. The highest BCUT2D eigenvalue weighted by molar-refractivity contribution is 7.11. The van der Waals surface area contributed by atoms with E-state index in [1.807, 2.05) is 11.3 Å². The van der Waals surface area contributed by atoms with Crippen LogP contribution in [0.1, 0.15) is 74.4 Å². The zero-order valence-electron chi connectivity index (χ0n) is 13.5. The first kappa shape index (κ1) is 14.2. The summed E-state index contributed by atoms with van der Waals surface area (Å²) in [5.41, 5.74) is 1.62. The molecule has 0 aliphatic heterocycles. The van der Waals surface area contributed by atoms with Gasteiger partial charge in [0.2, 0.25) is 0 Å². The Morgan fingerprint density at radius 1 is 1.10 bits per heavy atom. The van der Waals surface area contributed by atoms with Crippen molar-refractivity contribution in [2.75, 3.05) is 0 Å². The minimum Gasteiger partial charge on any atom is -0.302 e. The lowest BCUT2D eigenvalue weighted by Crippen LogP contribution is -2.52. The molecule has 2 saturated carbocycles. The molecule has 0 bridgehead atoms. The van der Waals surface area contributed by atoms with Crippen molar-refractivity contribution in [3.05, 3.63) is 15.6 Å². The molecule has 1 aromatic heterocycles. The van der Waals surface area contributed by atoms with E-state index in [9.17, 15) is 0 Å². The molecule has 0 spiro atoms. The third-order valence-electron chi connectivity index (χ3n) is 5.87. The molecule has 116 valence electrons. The molecule has 1 heterocycles. The summed E-state index contributed by atoms with van der Waals surface area (Å²) in [6.45, 7) is 4.89. The van der Waals surface area contributed by atoms with Crippen molar-refractivity contribution in [1.82, 2.24) is 10.3 Å². The van der Waals surface area contributed by atoms with E-state index in [4.69, 9.17) is 4.98 Å². The van der Waals surface area contributed by atoms with Gasteiger partial charge in [0, 0.05) is 10.9 Å². The van der Waals surface area contributed by atoms with Crippen molar-refractivity contribution < 1.29 is 0 Å². The first-order chi connectivity index (χ1) is 10.2. The van der Waals surface area contributed by atoms with Crippen molar-refractivity contribution >= 4 is 11.3 Å². The summed E-state index contributed by atoms with van der Waals surface area (Å²) >= 11 is 2.04. The monoisotopic (exact) mass is 304 g/mol. The Hall–Kier alpha value is -0.410. The van der Waals surface area contributed by atoms with Crippen LogP contribution >= 0.6 is 11.3 Å². The Labute approximate surface area is 132 Å². The number of aromatic nitrogens is 1. The molecule has 2 fully saturated rings. The van der Waals surface area contributed by atoms with Crippen LogP contribution in [0.5, 0.6) is 0 Å². The first-order valence-corrected chi connectivity index (χ1v) is 9.76. The van der Waals surface area contributed by atoms with Crippen LogP contribution in [-0.4, -0.2) is 11.0 Å². The maximum Gasteiger partial charge on any atom is 0.114 e. The summed E-state index contributed by atoms with van der Waals surface area (Å²) in [6.07, 6.45) is 12.0. The molecule has 0 amide bonds. The molecule has 21 heavy (non-hydrogen) atoms. The van der Waals surface area contributed by atoms with Crippen molar-refractivity contribution in [2.45, 2.75) is 83.2 Å². The molecule has 3 atom stereocenters. The maximum absolute atomic E-state index is 5.17. The quantitative estimate of drug-likeness (QED) is 0.894. The van der Waals surface area contributed by atoms with Gasteiger partial charge in [-0.2, -0.15) is 0 Å². The summed E-state index contributed by atoms with van der Waals surface area (Å²) in [5, 5.41) is 5.49. The number of hydrogen-bond donors (Lipinski definition) is 1. The third kappa shape index (κ3) is 2.57. The van der Waals surface area contributed by atoms with Crippen LogP contribution in [0.2, 0.25) is 0 Å². The Kier molecular flexibility index (Phi) is 3.61. The van der Waals surface area contributed by atoms with Gasteiger partial charge in [0.1, 0.15) is 5.01 Å². The van der Waals surface area contributed by atoms with Gasteiger partial charge in [-0.3, -0.25) is 0 Å². The third-order valence-corrected chi connectivity index (χ3v) is 7.21. The van der Waals surface area contributed by atoms with Crippen LogP contribution in [0, 0.1) is 11.8 Å². The van der Waals surface area contributed by atoms with Gasteiger partial charge in [-0.25, -0.2) is 4.98 Å². The molecule has 1 aromatic rings. The number of fused-ring (bicyclic) bond motifs is 1. The molecule has 4 rings (SSSR count). The van der Waals surface area contributed by atoms with Crippen LogP contribution in [0.15, 0.2) is 0 Å². The van der Waals surface area contributed by atoms with E-state index >= 15 is 0 Å². The van der Waals surface area contributed by atoms with Crippen molar-refractivity contribution in [3.63, 3.8) is 0 Å². The van der Waals surface area contributed by atoms with E-state index < -0.39 is 0 Å². The second-order valence-electron chi connectivity index (χ2n) is 7.77. The van der Waals surface area contributed by atoms with E-state index in [0.29, 0.717) is 0 Å². The smallest absolute Gasteiger partial charge is 0.114 e. The fourth-order valence-corrected chi connectivity index (χ4v) is 5.76. The zero-order valence-corrected chi connectivity index (χ0v) is 14.3. The van der Waals surface area contributed by atoms with Gasteiger partial charge >= 0.3 is 0 Å². The number of nitrogens with zero attached hydrogens (tertiary/aromatic N) is 1. The van der Waals surface area contributed by atoms with Gasteiger partial charge in [0.25, 0.3) is 0 Å². The van der Waals surface area contributed by atoms with Crippen molar-refractivity contribution in [2.24, 2.45) is 11.8 Å². The van der Waals surface area contributed by atoms with Crippen LogP contribution in [0.25, 0.3) is 0 Å². The van der Waals surface area contributed by atoms with E-state index in [0.717, 1.165) is 17.9 Å². The van der Waals surface area contributed by atoms with Crippen molar-refractivity contribution in [3.8, 4) is 0 Å². The molecular weight excluding hydrogens is 276 g/mol. The number of rotatable bonds is 3. The maximum atomic E-state index is 5.17. The van der Waals surface area contributed by atoms with Crippen LogP contribution in [-0.2, 0) is 18.4 Å². The van der Waals surface area contributed by atoms with Gasteiger partial charge in [-0.05, 0) is 63.2 Å². The molecule has 0 radical (unpaired) electrons. The second-order valence-corrected chi connectivity index (χ2v) is 8.86. The number of thiazole rings is 1. The molecule has 3 heteroatoms. The summed E-state index contributed by atoms with van der Waals surface area (Å²) in [7, 11) is 0. The predicted octanol–water partition coefficient (Wildman–Crippen LogP) is 4.43. The van der Waals surface area contributed by atoms with Crippen LogP contribution in [0.4, 0.5) is 0 Å². The highest BCUT2D eigenvalue weighted by Crippen LogP contribution is 2.48. The number of aryl methyl sites for hydroxylation is 2. The molecule has 2 nitrogen and oxygen atoms in total. The summed E-state index contributed by atoms with van der Waals surface area (Å²) in [6, 6.07) is 0.763. The molecular formula is C18H28N2S. The SMILES string of the molecule is CC1CCC(C)C(NC2CC2)(c2nc3c(s2)CCCC3)C1. The van der Waals surface area contributed by atoms with Gasteiger partial charge in [-0.1, -0.05) is 20.3 Å². The lowest BCUT2D eigenvalue weighted by Gasteiger charge is -2.45. The highest BCUT2D eigenvalue weighted by atomic mass is 32.1. The molecule has 1 N–H and O–H groups in total. The molecule has 0 aromatic carbocycles. The fourth-order valence-electron chi connectivity index (χ4n) is 4.33. The first-order valence-electron chi connectivity index (χ1n) is 8.94. The summed E-state index contributed by atoms with van der Waals surface area (Å²) in [5.74, 6) is 1.55. The van der Waals surface area contributed by atoms with Crippen LogP contribution in [0.3, 0.4) is 0 Å². The second kappa shape index (κ2) is 5.34. The average molecular weight is 305 g/mol. The highest BCUT2D eigenvalue weighted by Gasteiger charge is 2.47. The van der Waals surface area contributed by atoms with Gasteiger partial charge < -0.3 is 5.32 Å². The van der Waals surface area contributed by atoms with E-state index in [2.05, 4.69) is 19.2 Å². The zero-order chi connectivity index (χ0) is 14.4. The Bertz CT molecular complexity index is 492. The Balaban J connectivity index is 1.72. The average Bonchev–Trinajstić information content (AvgIpc) is 3.17. The van der Waals surface area contributed by atoms with Gasteiger partial charge in [0.15, 0.2) is 0 Å². The standard InChI is InChI=1S/C18H28N2S/c1-12-7-8-13(2)18(11-12,20-14-9-10-14)17-19-15-5-3-4-6-16(15)21-17/h12-14,20H,3-11H2,1-2H3. The minimum atomic E-state index is 0.181. The molecule has 3 unspecified atom stereocenters. The van der Waals surface area contributed by atoms with E-state index in [1.165, 1.54) is 68.5 Å². The topological polar surface area (TPSA) is 24.9 Å². The summed E-state index contributed by atoms with van der Waals surface area (Å²) < 4.78 is 0. The van der Waals surface area contributed by atoms with E-state index in [1.54, 1.807) is 4.88 Å². The lowest BCUT2D eigenvalue weighted by molar-refractivity contribution is 0.115. The fraction of sp³-hybridized carbons (Fsp3) is 0.833. The predicted molar refractivity (Wildman–Crippen MR) is 88.8 cm³/mol. The largest absolute Gasteiger partial charge is 0.302 e. The normalized spacial score (nSPS) is 36.5. The lowest BCUT2D eigenvalue weighted by atomic mass is 9.70. The number of nitrogens with one attached hydrogen (secondary N) is 1. The minimum absolute atomic E-state index is 0.181. The van der Waals surface area contributed by atoms with Gasteiger partial charge in [-0.15, -0.1) is 11.3 Å². The molecule has 3 aliphatic carbocycles. The summed E-state index contributed by atoms with van der Waals surface area (Å²) in [4.78, 5) is 6.76. The van der Waals surface area contributed by atoms with Crippen LogP contribution < -0.4 is 5.32 Å². The Morgan fingerprint density at radius 2 is 1.90 bits per heavy atom. The van der Waals surface area contributed by atoms with Crippen molar-refractivity contribution in [1.29, 1.82) is 0 Å². The molecule has 0 saturated heterocycles. The Morgan fingerprint density at radius 3 is 2.67 bits per heavy atom.